The van der Waals surface area contributed by atoms with E-state index in [1.807, 2.05) is 0 Å². The van der Waals surface area contributed by atoms with Crippen LogP contribution in [0.4, 0.5) is 0 Å². The van der Waals surface area contributed by atoms with Crippen LogP contribution in [0.25, 0.3) is 0 Å². The molecule has 0 radical (unpaired) electrons. The van der Waals surface area contributed by atoms with E-state index in [2.05, 4.69) is 68.5 Å². The topological polar surface area (TPSA) is 628 Å². The number of carboxylic acids is 1. The van der Waals surface area contributed by atoms with Gasteiger partial charge in [0.05, 0.1) is 19.0 Å². The van der Waals surface area contributed by atoms with E-state index < -0.39 is 163 Å². The van der Waals surface area contributed by atoms with Crippen LogP contribution in [0.2, 0.25) is 0 Å². The number of hydrogen-bond acceptors (Lipinski definition) is 19. The number of hydrogen-bond donors (Lipinski definition) is 21. The molecule has 1 fully saturated rings. The highest BCUT2D eigenvalue weighted by molar-refractivity contribution is 5.99. The molecule has 1 heterocycles. The van der Waals surface area contributed by atoms with Crippen LogP contribution in [-0.2, 0) is 68.7 Å². The van der Waals surface area contributed by atoms with Crippen LogP contribution in [0.15, 0.2) is 34.3 Å². The van der Waals surface area contributed by atoms with Gasteiger partial charge in [0, 0.05) is 25.9 Å². The number of aromatic hydroxyl groups is 1. The van der Waals surface area contributed by atoms with E-state index in [1.165, 1.54) is 38.1 Å². The van der Waals surface area contributed by atoms with E-state index in [1.54, 1.807) is 0 Å². The number of carbonyl (C=O) groups excluding carboxylic acids is 12. The van der Waals surface area contributed by atoms with Crippen molar-refractivity contribution in [3.05, 3.63) is 29.8 Å². The van der Waals surface area contributed by atoms with Crippen LogP contribution in [0.5, 0.6) is 5.75 Å². The molecule has 36 nitrogen and oxygen atoms in total. The summed E-state index contributed by atoms with van der Waals surface area (Å²) in [4.78, 5) is 180. The molecule has 0 aliphatic carbocycles. The zero-order valence-corrected chi connectivity index (χ0v) is 51.4. The lowest BCUT2D eigenvalue weighted by Gasteiger charge is -2.27. The van der Waals surface area contributed by atoms with Crippen molar-refractivity contribution in [2.75, 3.05) is 39.3 Å². The number of nitrogens with two attached hydrogens (primary N) is 8. The van der Waals surface area contributed by atoms with Gasteiger partial charge >= 0.3 is 5.97 Å². The molecule has 1 aromatic rings. The first-order valence-corrected chi connectivity index (χ1v) is 29.9. The Bertz CT molecular complexity index is 2690. The SMILES string of the molecule is C[C@H](NC(=O)CNC(=O)[C@H](C)NC(=O)[C@H](CCCCN)NC(=O)[C@H](CCCN=C(N)N)NC(=O)[C@H](CCC(=O)O)NC(=O)[C@H](CCCN=C(N)N)NC(=O)[C@@H]1CCCN1)C(=O)N[C@@H](CCCCN)C(=O)N[C@@H](CC(N)=O)C(=O)N[C@@H](Cc1ccc(O)cc1)C(N)=O. The molecule has 0 saturated carbocycles. The molecule has 0 unspecified atom stereocenters. The van der Waals surface area contributed by atoms with Gasteiger partial charge in [-0.05, 0) is 135 Å². The number of guanidine groups is 2. The number of aliphatic imine (C=N–C) groups is 2. The van der Waals surface area contributed by atoms with Crippen LogP contribution in [-0.4, -0.2) is 199 Å². The van der Waals surface area contributed by atoms with E-state index in [0.29, 0.717) is 37.8 Å². The number of carbonyl (C=O) groups is 13. The Morgan fingerprint density at radius 1 is 0.527 bits per heavy atom. The van der Waals surface area contributed by atoms with Gasteiger partial charge in [0.25, 0.3) is 0 Å². The minimum Gasteiger partial charge on any atom is -0.508 e. The Morgan fingerprint density at radius 3 is 1.41 bits per heavy atom. The minimum absolute atomic E-state index is 0.00260. The molecule has 36 heteroatoms. The fourth-order valence-corrected chi connectivity index (χ4v) is 9.00. The van der Waals surface area contributed by atoms with Crippen molar-refractivity contribution in [2.45, 2.75) is 177 Å². The van der Waals surface area contributed by atoms with E-state index >= 15 is 0 Å². The van der Waals surface area contributed by atoms with Crippen LogP contribution in [0, 0.1) is 0 Å². The Balaban J connectivity index is 2.23. The third-order valence-corrected chi connectivity index (χ3v) is 14.0. The van der Waals surface area contributed by atoms with Crippen molar-refractivity contribution < 1.29 is 72.5 Å². The monoisotopic (exact) mass is 1290 g/mol. The zero-order valence-electron chi connectivity index (χ0n) is 51.4. The molecule has 1 aliphatic heterocycles. The predicted octanol–water partition coefficient (Wildman–Crippen LogP) is -8.20. The summed E-state index contributed by atoms with van der Waals surface area (Å²) in [5.74, 6) is -12.6. The van der Waals surface area contributed by atoms with E-state index in [-0.39, 0.29) is 102 Å². The summed E-state index contributed by atoms with van der Waals surface area (Å²) in [7, 11) is 0. The van der Waals surface area contributed by atoms with Crippen LogP contribution < -0.4 is 104 Å². The fourth-order valence-electron chi connectivity index (χ4n) is 9.00. The molecule has 1 aromatic carbocycles. The summed E-state index contributed by atoms with van der Waals surface area (Å²) in [6.45, 7) is 2.84. The Hall–Kier alpha value is -9.45. The van der Waals surface area contributed by atoms with E-state index in [0.717, 1.165) is 0 Å². The van der Waals surface area contributed by atoms with Gasteiger partial charge in [-0.1, -0.05) is 12.1 Å². The van der Waals surface area contributed by atoms with Crippen molar-refractivity contribution in [3.8, 4) is 5.75 Å². The molecule has 2 rings (SSSR count). The van der Waals surface area contributed by atoms with Gasteiger partial charge in [-0.3, -0.25) is 72.3 Å². The van der Waals surface area contributed by atoms with Gasteiger partial charge in [-0.2, -0.15) is 0 Å². The van der Waals surface area contributed by atoms with Crippen molar-refractivity contribution >= 4 is 88.8 Å². The lowest BCUT2D eigenvalue weighted by atomic mass is 10.0. The van der Waals surface area contributed by atoms with Crippen molar-refractivity contribution in [2.24, 2.45) is 55.9 Å². The lowest BCUT2D eigenvalue weighted by Crippen LogP contribution is -2.59. The molecular weight excluding hydrogens is 1190 g/mol. The van der Waals surface area contributed by atoms with Gasteiger partial charge in [-0.15, -0.1) is 0 Å². The number of nitrogens with one attached hydrogen (secondary N) is 11. The summed E-state index contributed by atoms with van der Waals surface area (Å²) in [5.41, 5.74) is 44.7. The number of primary amides is 2. The highest BCUT2D eigenvalue weighted by Gasteiger charge is 2.35. The maximum atomic E-state index is 14.2. The fraction of sp³-hybridized carbons (Fsp3) is 0.618. The minimum atomic E-state index is -1.65. The smallest absolute Gasteiger partial charge is 0.303 e. The molecule has 508 valence electrons. The summed E-state index contributed by atoms with van der Waals surface area (Å²) < 4.78 is 0. The average Bonchev–Trinajstić information content (AvgIpc) is 3.38. The van der Waals surface area contributed by atoms with Gasteiger partial charge in [0.15, 0.2) is 11.9 Å². The average molecular weight is 1290 g/mol. The molecule has 0 spiro atoms. The van der Waals surface area contributed by atoms with Crippen molar-refractivity contribution in [1.82, 2.24) is 58.5 Å². The summed E-state index contributed by atoms with van der Waals surface area (Å²) in [5, 5.41) is 47.0. The largest absolute Gasteiger partial charge is 0.508 e. The van der Waals surface area contributed by atoms with Crippen LogP contribution in [0.1, 0.15) is 116 Å². The number of benzene rings is 1. The zero-order chi connectivity index (χ0) is 68.2. The second kappa shape index (κ2) is 41.7. The molecule has 12 amide bonds. The van der Waals surface area contributed by atoms with Crippen LogP contribution in [0.3, 0.4) is 0 Å². The van der Waals surface area contributed by atoms with Gasteiger partial charge < -0.3 is 115 Å². The first kappa shape index (κ1) is 77.6. The maximum Gasteiger partial charge on any atom is 0.303 e. The number of aliphatic carboxylic acids is 1. The normalized spacial score (nSPS) is 15.5. The quantitative estimate of drug-likeness (QED) is 0.0164. The highest BCUT2D eigenvalue weighted by Crippen LogP contribution is 2.14. The predicted molar refractivity (Wildman–Crippen MR) is 330 cm³/mol. The third-order valence-electron chi connectivity index (χ3n) is 14.0. The molecule has 1 saturated heterocycles. The number of carboxylic acid groups (broad SMARTS) is 1. The summed E-state index contributed by atoms with van der Waals surface area (Å²) >= 11 is 0. The van der Waals surface area contributed by atoms with Crippen LogP contribution >= 0.6 is 0 Å². The standard InChI is InChI=1S/C55H93N21O15/c1-29(45(83)67-28-42(79)68-30(2)46(84)70-35(11-4-6-22-57)51(89)76-40(27-41(58)78)53(91)75-39(44(59)82)26-31-15-17-32(77)18-16-31)69-48(86)34(10-3-5-21-56)72-49(87)37(14-9-25-66-55(62)63)73-52(90)38(19-20-43(80)81)74-50(88)36(13-8-24-65-54(60)61)71-47(85)33-12-7-23-64-33/h15-18,29-30,33-40,64,77H,3-14,19-28,56-57H2,1-2H3,(H2,58,78)(H2,59,82)(H,67,83)(H,68,79)(H,69,86)(H,70,84)(H,71,85)(H,72,87)(H,73,90)(H,74,88)(H,75,91)(H,76,89)(H,80,81)(H4,60,61,65)(H4,62,63,66)/t29-,30-,33-,34-,35-,36-,37-,38-,39-,40-/m0/s1. The number of nitrogens with zero attached hydrogens (tertiary/aromatic N) is 2. The first-order valence-electron chi connectivity index (χ1n) is 29.9. The van der Waals surface area contributed by atoms with E-state index in [4.69, 9.17) is 45.9 Å². The first-order chi connectivity index (χ1) is 43.0. The van der Waals surface area contributed by atoms with Gasteiger partial charge in [0.2, 0.25) is 70.9 Å². The molecule has 0 bridgehead atoms. The molecule has 0 aromatic heterocycles. The Morgan fingerprint density at radius 2 is 0.956 bits per heavy atom. The molecule has 91 heavy (non-hydrogen) atoms. The van der Waals surface area contributed by atoms with Gasteiger partial charge in [-0.25, -0.2) is 0 Å². The maximum absolute atomic E-state index is 14.2. The molecule has 10 atom stereocenters. The molecule has 1 aliphatic rings. The highest BCUT2D eigenvalue weighted by atomic mass is 16.4. The number of rotatable bonds is 44. The molecular formula is C55H93N21O15. The number of phenols is 1. The Kier molecular flexibility index (Phi) is 35.6. The summed E-state index contributed by atoms with van der Waals surface area (Å²) in [6, 6.07) is -7.67. The second-order valence-electron chi connectivity index (χ2n) is 21.7. The Labute approximate surface area is 526 Å². The summed E-state index contributed by atoms with van der Waals surface area (Å²) in [6.07, 6.45) is 0.675. The second-order valence-corrected chi connectivity index (χ2v) is 21.7. The lowest BCUT2D eigenvalue weighted by molar-refractivity contribution is -0.138. The van der Waals surface area contributed by atoms with Crippen molar-refractivity contribution in [3.63, 3.8) is 0 Å². The van der Waals surface area contributed by atoms with Gasteiger partial charge in [0.1, 0.15) is 60.1 Å². The number of phenolic OH excluding ortho intramolecular Hbond substituents is 1. The number of unbranched alkanes of at least 4 members (excludes halogenated alkanes) is 2. The molecule has 29 N–H and O–H groups in total. The van der Waals surface area contributed by atoms with Crippen molar-refractivity contribution in [1.29, 1.82) is 0 Å². The third kappa shape index (κ3) is 31.5. The van der Waals surface area contributed by atoms with E-state index in [9.17, 15) is 72.5 Å². The number of amides is 12.